The largest absolute Gasteiger partial charge is 0.490 e. The Morgan fingerprint density at radius 1 is 1.04 bits per heavy atom. The first-order valence-corrected chi connectivity index (χ1v) is 9.15. The molecule has 0 aliphatic heterocycles. The van der Waals surface area contributed by atoms with Crippen LogP contribution in [0.5, 0.6) is 5.75 Å². The molecule has 3 rings (SSSR count). The van der Waals surface area contributed by atoms with Gasteiger partial charge in [-0.25, -0.2) is 0 Å². The maximum Gasteiger partial charge on any atom is 0.196 e. The van der Waals surface area contributed by atoms with Crippen LogP contribution in [0.2, 0.25) is 0 Å². The highest BCUT2D eigenvalue weighted by molar-refractivity contribution is 9.09. The first-order valence-electron chi connectivity index (χ1n) is 8.03. The number of hydrogen-bond donors (Lipinski definition) is 0. The molecule has 4 heteroatoms. The van der Waals surface area contributed by atoms with Crippen molar-refractivity contribution >= 4 is 26.9 Å². The second kappa shape index (κ2) is 7.67. The van der Waals surface area contributed by atoms with E-state index in [9.17, 15) is 4.79 Å². The molecule has 1 aromatic heterocycles. The van der Waals surface area contributed by atoms with Crippen LogP contribution in [0, 0.1) is 6.92 Å². The van der Waals surface area contributed by atoms with Crippen LogP contribution in [-0.2, 0) is 0 Å². The summed E-state index contributed by atoms with van der Waals surface area (Å²) in [5.74, 6) is 1.22. The lowest BCUT2D eigenvalue weighted by molar-refractivity contribution is 0.309. The number of rotatable bonds is 6. The topological polar surface area (TPSA) is 39.4 Å². The predicted octanol–water partition coefficient (Wildman–Crippen LogP) is 5.32. The van der Waals surface area contributed by atoms with Crippen molar-refractivity contribution in [3.05, 3.63) is 64.3 Å². The zero-order valence-electron chi connectivity index (χ0n) is 13.5. The van der Waals surface area contributed by atoms with Gasteiger partial charge in [0.15, 0.2) is 16.8 Å². The minimum atomic E-state index is -0.0130. The molecule has 0 amide bonds. The van der Waals surface area contributed by atoms with E-state index in [1.807, 2.05) is 42.5 Å². The molecular formula is C20H19BrO3. The third-order valence-corrected chi connectivity index (χ3v) is 4.49. The van der Waals surface area contributed by atoms with E-state index < -0.39 is 0 Å². The summed E-state index contributed by atoms with van der Waals surface area (Å²) in [7, 11) is 0. The molecule has 1 heterocycles. The van der Waals surface area contributed by atoms with Crippen LogP contribution in [0.15, 0.2) is 57.7 Å². The van der Waals surface area contributed by atoms with Gasteiger partial charge in [0.25, 0.3) is 0 Å². The Hall–Kier alpha value is -2.07. The lowest BCUT2D eigenvalue weighted by Crippen LogP contribution is -2.08. The monoisotopic (exact) mass is 386 g/mol. The fraction of sp³-hybridized carbons (Fsp3) is 0.250. The van der Waals surface area contributed by atoms with Gasteiger partial charge in [0.2, 0.25) is 0 Å². The van der Waals surface area contributed by atoms with Crippen LogP contribution in [0.3, 0.4) is 0 Å². The predicted molar refractivity (Wildman–Crippen MR) is 101 cm³/mol. The summed E-state index contributed by atoms with van der Waals surface area (Å²) < 4.78 is 12.0. The standard InChI is InChI=1S/C20H19BrO3/c1-14-18(22)16-10-7-11-17(23-13-6-5-12-21)20(16)24-19(14)15-8-3-2-4-9-15/h2-4,7-11H,5-6,12-13H2,1H3. The fourth-order valence-electron chi connectivity index (χ4n) is 2.64. The normalized spacial score (nSPS) is 10.9. The van der Waals surface area contributed by atoms with Crippen molar-refractivity contribution in [1.82, 2.24) is 0 Å². The number of ether oxygens (including phenoxy) is 1. The first-order chi connectivity index (χ1) is 11.7. The molecule has 0 unspecified atom stereocenters. The molecule has 0 saturated carbocycles. The maximum absolute atomic E-state index is 12.7. The Morgan fingerprint density at radius 2 is 1.83 bits per heavy atom. The van der Waals surface area contributed by atoms with Crippen molar-refractivity contribution < 1.29 is 9.15 Å². The molecule has 24 heavy (non-hydrogen) atoms. The summed E-state index contributed by atoms with van der Waals surface area (Å²) in [6, 6.07) is 15.2. The highest BCUT2D eigenvalue weighted by atomic mass is 79.9. The number of unbranched alkanes of at least 4 members (excludes halogenated alkanes) is 1. The van der Waals surface area contributed by atoms with E-state index in [4.69, 9.17) is 9.15 Å². The van der Waals surface area contributed by atoms with Gasteiger partial charge in [-0.3, -0.25) is 4.79 Å². The van der Waals surface area contributed by atoms with E-state index in [-0.39, 0.29) is 5.43 Å². The number of fused-ring (bicyclic) bond motifs is 1. The Kier molecular flexibility index (Phi) is 5.36. The Balaban J connectivity index is 2.09. The van der Waals surface area contributed by atoms with E-state index in [1.54, 1.807) is 13.0 Å². The number of alkyl halides is 1. The van der Waals surface area contributed by atoms with E-state index in [2.05, 4.69) is 15.9 Å². The third kappa shape index (κ3) is 3.39. The van der Waals surface area contributed by atoms with E-state index >= 15 is 0 Å². The average Bonchev–Trinajstić information content (AvgIpc) is 2.62. The summed E-state index contributed by atoms with van der Waals surface area (Å²) in [5, 5.41) is 1.52. The summed E-state index contributed by atoms with van der Waals surface area (Å²) >= 11 is 3.41. The molecule has 0 saturated heterocycles. The summed E-state index contributed by atoms with van der Waals surface area (Å²) in [4.78, 5) is 12.7. The van der Waals surface area contributed by atoms with Crippen LogP contribution < -0.4 is 10.2 Å². The summed E-state index contributed by atoms with van der Waals surface area (Å²) in [6.07, 6.45) is 1.99. The van der Waals surface area contributed by atoms with Crippen molar-refractivity contribution in [2.24, 2.45) is 0 Å². The molecule has 3 aromatic rings. The quantitative estimate of drug-likeness (QED) is 0.424. The number of halogens is 1. The molecule has 2 aromatic carbocycles. The smallest absolute Gasteiger partial charge is 0.196 e. The van der Waals surface area contributed by atoms with E-state index in [0.717, 1.165) is 23.7 Å². The SMILES string of the molecule is Cc1c(-c2ccccc2)oc2c(OCCCCBr)cccc2c1=O. The zero-order chi connectivity index (χ0) is 16.9. The van der Waals surface area contributed by atoms with E-state index in [0.29, 0.717) is 34.6 Å². The number of benzene rings is 2. The number of hydrogen-bond acceptors (Lipinski definition) is 3. The molecule has 3 nitrogen and oxygen atoms in total. The highest BCUT2D eigenvalue weighted by Crippen LogP contribution is 2.30. The van der Waals surface area contributed by atoms with Gasteiger partial charge in [0.1, 0.15) is 5.76 Å². The van der Waals surface area contributed by atoms with Gasteiger partial charge < -0.3 is 9.15 Å². The van der Waals surface area contributed by atoms with Crippen LogP contribution in [0.25, 0.3) is 22.3 Å². The van der Waals surface area contributed by atoms with E-state index in [1.165, 1.54) is 0 Å². The Labute approximate surface area is 149 Å². The molecule has 0 N–H and O–H groups in total. The molecule has 0 radical (unpaired) electrons. The molecule has 0 spiro atoms. The molecule has 0 bridgehead atoms. The fourth-order valence-corrected chi connectivity index (χ4v) is 3.04. The maximum atomic E-state index is 12.7. The lowest BCUT2D eigenvalue weighted by atomic mass is 10.1. The molecular weight excluding hydrogens is 368 g/mol. The second-order valence-electron chi connectivity index (χ2n) is 5.63. The number of para-hydroxylation sites is 1. The van der Waals surface area contributed by atoms with Crippen LogP contribution >= 0.6 is 15.9 Å². The summed E-state index contributed by atoms with van der Waals surface area (Å²) in [5.41, 5.74) is 2.01. The second-order valence-corrected chi connectivity index (χ2v) is 6.42. The first kappa shape index (κ1) is 16.8. The summed E-state index contributed by atoms with van der Waals surface area (Å²) in [6.45, 7) is 2.40. The zero-order valence-corrected chi connectivity index (χ0v) is 15.1. The molecule has 0 atom stereocenters. The minimum absolute atomic E-state index is 0.0130. The van der Waals surface area contributed by atoms with Gasteiger partial charge in [0.05, 0.1) is 12.0 Å². The van der Waals surface area contributed by atoms with Crippen molar-refractivity contribution in [3.63, 3.8) is 0 Å². The molecule has 0 aliphatic rings. The van der Waals surface area contributed by atoms with Crippen molar-refractivity contribution in [1.29, 1.82) is 0 Å². The van der Waals surface area contributed by atoms with Crippen molar-refractivity contribution in [2.45, 2.75) is 19.8 Å². The lowest BCUT2D eigenvalue weighted by Gasteiger charge is -2.11. The van der Waals surface area contributed by atoms with Gasteiger partial charge in [-0.15, -0.1) is 0 Å². The molecule has 0 aliphatic carbocycles. The van der Waals surface area contributed by atoms with Crippen molar-refractivity contribution in [2.75, 3.05) is 11.9 Å². The van der Waals surface area contributed by atoms with Gasteiger partial charge in [-0.1, -0.05) is 52.3 Å². The van der Waals surface area contributed by atoms with Gasteiger partial charge in [0, 0.05) is 16.5 Å². The van der Waals surface area contributed by atoms with Gasteiger partial charge in [-0.05, 0) is 31.9 Å². The Morgan fingerprint density at radius 3 is 2.58 bits per heavy atom. The molecule has 124 valence electrons. The van der Waals surface area contributed by atoms with Gasteiger partial charge in [-0.2, -0.15) is 0 Å². The third-order valence-electron chi connectivity index (χ3n) is 3.93. The highest BCUT2D eigenvalue weighted by Gasteiger charge is 2.15. The van der Waals surface area contributed by atoms with Crippen LogP contribution in [0.4, 0.5) is 0 Å². The average molecular weight is 387 g/mol. The van der Waals surface area contributed by atoms with Crippen molar-refractivity contribution in [3.8, 4) is 17.1 Å². The minimum Gasteiger partial charge on any atom is -0.490 e. The van der Waals surface area contributed by atoms with Gasteiger partial charge >= 0.3 is 0 Å². The Bertz CT molecular complexity index is 885. The van der Waals surface area contributed by atoms with Crippen LogP contribution in [0.1, 0.15) is 18.4 Å². The molecule has 0 fully saturated rings. The van der Waals surface area contributed by atoms with Crippen LogP contribution in [-0.4, -0.2) is 11.9 Å².